The zero-order chi connectivity index (χ0) is 22.5. The standard InChI is InChI=1S/C21H24N4O6/c1-4-30-19(27)14-10-22-21(29)23-16(14)11-31-20(28)15-7-8-18(26)25(24-15)17-9-12(2)5-6-13(17)3/h5-6,9H,4,7-8,10-11H2,1-3H3,(H2,22,23,29). The number of ether oxygens (including phenoxy) is 2. The van der Waals surface area contributed by atoms with Gasteiger partial charge in [-0.3, -0.25) is 4.79 Å². The third kappa shape index (κ3) is 5.08. The van der Waals surface area contributed by atoms with Crippen LogP contribution in [0.25, 0.3) is 0 Å². The van der Waals surface area contributed by atoms with Crippen LogP contribution in [-0.4, -0.2) is 49.3 Å². The molecule has 1 aromatic carbocycles. The average molecular weight is 428 g/mol. The predicted molar refractivity (Wildman–Crippen MR) is 111 cm³/mol. The van der Waals surface area contributed by atoms with Crippen LogP contribution in [0.5, 0.6) is 0 Å². The maximum Gasteiger partial charge on any atom is 0.354 e. The Balaban J connectivity index is 1.77. The van der Waals surface area contributed by atoms with E-state index in [-0.39, 0.29) is 55.5 Å². The molecule has 0 aromatic heterocycles. The number of anilines is 1. The molecule has 1 aromatic rings. The molecule has 2 N–H and O–H groups in total. The summed E-state index contributed by atoms with van der Waals surface area (Å²) in [5.74, 6) is -1.56. The monoisotopic (exact) mass is 428 g/mol. The van der Waals surface area contributed by atoms with Gasteiger partial charge in [0.15, 0.2) is 0 Å². The SMILES string of the molecule is CCOC(=O)C1=C(COC(=O)C2=NN(c3cc(C)ccc3C)C(=O)CC2)NC(=O)NC1. The van der Waals surface area contributed by atoms with Crippen LogP contribution in [0.2, 0.25) is 0 Å². The predicted octanol–water partition coefficient (Wildman–Crippen LogP) is 1.46. The topological polar surface area (TPSA) is 126 Å². The van der Waals surface area contributed by atoms with E-state index in [1.807, 2.05) is 32.0 Å². The van der Waals surface area contributed by atoms with E-state index < -0.39 is 18.0 Å². The van der Waals surface area contributed by atoms with Crippen molar-refractivity contribution in [3.05, 3.63) is 40.6 Å². The molecule has 2 aliphatic heterocycles. The molecule has 3 amide bonds. The van der Waals surface area contributed by atoms with Crippen molar-refractivity contribution in [3.63, 3.8) is 0 Å². The first-order valence-corrected chi connectivity index (χ1v) is 9.89. The van der Waals surface area contributed by atoms with Gasteiger partial charge in [0.25, 0.3) is 0 Å². The highest BCUT2D eigenvalue weighted by molar-refractivity contribution is 6.38. The molecule has 31 heavy (non-hydrogen) atoms. The minimum absolute atomic E-state index is 0.0343. The van der Waals surface area contributed by atoms with Gasteiger partial charge in [0.2, 0.25) is 5.91 Å². The minimum atomic E-state index is -0.730. The van der Waals surface area contributed by atoms with Crippen molar-refractivity contribution < 1.29 is 28.7 Å². The van der Waals surface area contributed by atoms with E-state index in [9.17, 15) is 19.2 Å². The van der Waals surface area contributed by atoms with E-state index in [0.717, 1.165) is 11.1 Å². The second-order valence-corrected chi connectivity index (χ2v) is 7.10. The number of esters is 2. The number of nitrogens with one attached hydrogen (secondary N) is 2. The number of carbonyl (C=O) groups is 4. The molecule has 3 rings (SSSR count). The van der Waals surface area contributed by atoms with Crippen LogP contribution in [-0.2, 0) is 23.9 Å². The van der Waals surface area contributed by atoms with Gasteiger partial charge in [0, 0.05) is 12.8 Å². The second kappa shape index (κ2) is 9.41. The number of nitrogens with zero attached hydrogens (tertiary/aromatic N) is 2. The highest BCUT2D eigenvalue weighted by Crippen LogP contribution is 2.25. The summed E-state index contributed by atoms with van der Waals surface area (Å²) in [6.45, 7) is 5.22. The van der Waals surface area contributed by atoms with Gasteiger partial charge in [0.1, 0.15) is 12.3 Å². The number of amides is 3. The summed E-state index contributed by atoms with van der Waals surface area (Å²) in [7, 11) is 0. The van der Waals surface area contributed by atoms with Crippen LogP contribution in [0, 0.1) is 13.8 Å². The van der Waals surface area contributed by atoms with Crippen LogP contribution < -0.4 is 15.6 Å². The zero-order valence-corrected chi connectivity index (χ0v) is 17.6. The van der Waals surface area contributed by atoms with Gasteiger partial charge in [-0.15, -0.1) is 0 Å². The minimum Gasteiger partial charge on any atom is -0.463 e. The van der Waals surface area contributed by atoms with Gasteiger partial charge in [-0.25, -0.2) is 14.4 Å². The van der Waals surface area contributed by atoms with Crippen molar-refractivity contribution >= 4 is 35.3 Å². The normalized spacial score (nSPS) is 16.4. The Kier molecular flexibility index (Phi) is 6.68. The zero-order valence-electron chi connectivity index (χ0n) is 17.6. The third-order valence-electron chi connectivity index (χ3n) is 4.78. The molecule has 10 nitrogen and oxygen atoms in total. The first-order chi connectivity index (χ1) is 14.8. The summed E-state index contributed by atoms with van der Waals surface area (Å²) < 4.78 is 10.3. The fourth-order valence-corrected chi connectivity index (χ4v) is 3.13. The van der Waals surface area contributed by atoms with Crippen LogP contribution in [0.1, 0.15) is 30.9 Å². The second-order valence-electron chi connectivity index (χ2n) is 7.10. The Hall–Kier alpha value is -3.69. The number of urea groups is 1. The van der Waals surface area contributed by atoms with Gasteiger partial charge in [-0.2, -0.15) is 10.1 Å². The molecule has 0 spiro atoms. The number of hydrogen-bond donors (Lipinski definition) is 2. The van der Waals surface area contributed by atoms with Crippen molar-refractivity contribution in [1.29, 1.82) is 0 Å². The lowest BCUT2D eigenvalue weighted by molar-refractivity contribution is -0.139. The molecular weight excluding hydrogens is 404 g/mol. The lowest BCUT2D eigenvalue weighted by Crippen LogP contribution is -2.45. The van der Waals surface area contributed by atoms with Gasteiger partial charge in [-0.1, -0.05) is 12.1 Å². The summed E-state index contributed by atoms with van der Waals surface area (Å²) in [6.07, 6.45) is 0.246. The third-order valence-corrected chi connectivity index (χ3v) is 4.78. The maximum absolute atomic E-state index is 12.6. The quantitative estimate of drug-likeness (QED) is 0.661. The van der Waals surface area contributed by atoms with E-state index in [0.29, 0.717) is 5.69 Å². The molecule has 0 unspecified atom stereocenters. The van der Waals surface area contributed by atoms with E-state index in [2.05, 4.69) is 15.7 Å². The molecule has 0 bridgehead atoms. The number of benzene rings is 1. The van der Waals surface area contributed by atoms with Crippen LogP contribution in [0.4, 0.5) is 10.5 Å². The molecule has 10 heteroatoms. The number of rotatable bonds is 6. The van der Waals surface area contributed by atoms with Crippen molar-refractivity contribution in [2.75, 3.05) is 24.8 Å². The lowest BCUT2D eigenvalue weighted by atomic mass is 10.1. The van der Waals surface area contributed by atoms with Crippen LogP contribution in [0.3, 0.4) is 0 Å². The Morgan fingerprint density at radius 3 is 2.65 bits per heavy atom. The fraction of sp³-hybridized carbons (Fsp3) is 0.381. The summed E-state index contributed by atoms with van der Waals surface area (Å²) in [5.41, 5.74) is 2.81. The van der Waals surface area contributed by atoms with Gasteiger partial charge >= 0.3 is 18.0 Å². The summed E-state index contributed by atoms with van der Waals surface area (Å²) in [4.78, 5) is 48.7. The van der Waals surface area contributed by atoms with Gasteiger partial charge in [-0.05, 0) is 38.0 Å². The lowest BCUT2D eigenvalue weighted by Gasteiger charge is -2.25. The molecule has 2 aliphatic rings. The van der Waals surface area contributed by atoms with Gasteiger partial charge in [0.05, 0.1) is 30.1 Å². The Bertz CT molecular complexity index is 998. The number of hydrogen-bond acceptors (Lipinski definition) is 7. The molecule has 0 saturated carbocycles. The average Bonchev–Trinajstić information content (AvgIpc) is 2.74. The Morgan fingerprint density at radius 2 is 1.90 bits per heavy atom. The molecular formula is C21H24N4O6. The highest BCUT2D eigenvalue weighted by Gasteiger charge is 2.29. The smallest absolute Gasteiger partial charge is 0.354 e. The summed E-state index contributed by atoms with van der Waals surface area (Å²) in [5, 5.41) is 10.4. The fourth-order valence-electron chi connectivity index (χ4n) is 3.13. The van der Waals surface area contributed by atoms with E-state index in [4.69, 9.17) is 9.47 Å². The largest absolute Gasteiger partial charge is 0.463 e. The Labute approximate surface area is 179 Å². The van der Waals surface area contributed by atoms with Crippen molar-refractivity contribution in [3.8, 4) is 0 Å². The number of carbonyl (C=O) groups excluding carboxylic acids is 4. The van der Waals surface area contributed by atoms with Crippen LogP contribution in [0.15, 0.2) is 34.6 Å². The molecule has 2 heterocycles. The maximum atomic E-state index is 12.6. The summed E-state index contributed by atoms with van der Waals surface area (Å²) in [6, 6.07) is 5.12. The Morgan fingerprint density at radius 1 is 1.13 bits per heavy atom. The van der Waals surface area contributed by atoms with Gasteiger partial charge < -0.3 is 20.1 Å². The van der Waals surface area contributed by atoms with E-state index in [1.165, 1.54) is 5.01 Å². The molecule has 0 aliphatic carbocycles. The van der Waals surface area contributed by atoms with Crippen molar-refractivity contribution in [2.24, 2.45) is 5.10 Å². The number of aryl methyl sites for hydroxylation is 2. The van der Waals surface area contributed by atoms with Crippen molar-refractivity contribution in [2.45, 2.75) is 33.6 Å². The molecule has 0 saturated heterocycles. The highest BCUT2D eigenvalue weighted by atomic mass is 16.5. The van der Waals surface area contributed by atoms with Crippen molar-refractivity contribution in [1.82, 2.24) is 10.6 Å². The molecule has 0 atom stereocenters. The molecule has 0 radical (unpaired) electrons. The molecule has 164 valence electrons. The first kappa shape index (κ1) is 22.0. The van der Waals surface area contributed by atoms with E-state index >= 15 is 0 Å². The number of hydrazone groups is 1. The first-order valence-electron chi connectivity index (χ1n) is 9.89. The molecule has 0 fully saturated rings. The van der Waals surface area contributed by atoms with Crippen LogP contribution >= 0.6 is 0 Å². The van der Waals surface area contributed by atoms with E-state index in [1.54, 1.807) is 6.92 Å². The summed E-state index contributed by atoms with van der Waals surface area (Å²) >= 11 is 0.